The van der Waals surface area contributed by atoms with Crippen LogP contribution in [0.15, 0.2) is 160 Å². The SMILES string of the molecule is N#Cc1ccccc1-c1ccccc1-c1cc(-c2ccc3c(c2)oc2ccccc23)ccc1-c1ccc2oc3ccccc3c2c1. The predicted octanol–water partition coefficient (Wildman–Crippen LogP) is 12.0. The van der Waals surface area contributed by atoms with Crippen molar-refractivity contribution >= 4 is 43.9 Å². The molecule has 0 saturated carbocycles. The summed E-state index contributed by atoms with van der Waals surface area (Å²) in [5.41, 5.74) is 12.6. The maximum absolute atomic E-state index is 10.0. The number of furan rings is 2. The fraction of sp³-hybridized carbons (Fsp3) is 0. The second-order valence-electron chi connectivity index (χ2n) is 11.6. The molecule has 9 aromatic rings. The molecule has 0 radical (unpaired) electrons. The van der Waals surface area contributed by atoms with Crippen LogP contribution in [0.3, 0.4) is 0 Å². The zero-order chi connectivity index (χ0) is 30.6. The smallest absolute Gasteiger partial charge is 0.136 e. The van der Waals surface area contributed by atoms with Crippen LogP contribution < -0.4 is 0 Å². The summed E-state index contributed by atoms with van der Waals surface area (Å²) in [6.45, 7) is 0. The van der Waals surface area contributed by atoms with Gasteiger partial charge in [0.15, 0.2) is 0 Å². The molecule has 0 aliphatic heterocycles. The molecule has 46 heavy (non-hydrogen) atoms. The third-order valence-corrected chi connectivity index (χ3v) is 8.97. The van der Waals surface area contributed by atoms with Crippen molar-refractivity contribution in [3.8, 4) is 50.6 Å². The van der Waals surface area contributed by atoms with Crippen molar-refractivity contribution in [3.63, 3.8) is 0 Å². The molecule has 3 heteroatoms. The Bertz CT molecular complexity index is 2670. The Kier molecular flexibility index (Phi) is 5.88. The summed E-state index contributed by atoms with van der Waals surface area (Å²) in [5.74, 6) is 0. The normalized spacial score (nSPS) is 11.5. The van der Waals surface area contributed by atoms with Crippen LogP contribution in [0.5, 0.6) is 0 Å². The minimum Gasteiger partial charge on any atom is -0.456 e. The number of rotatable bonds is 4. The van der Waals surface area contributed by atoms with Crippen LogP contribution in [-0.4, -0.2) is 0 Å². The Balaban J connectivity index is 1.29. The standard InChI is InChI=1S/C43H25NO2/c44-26-30-9-1-2-10-31(30)33-11-3-4-12-34(33)38-23-27(28-18-21-37-35-13-5-7-15-40(35)46-43(37)25-28)17-20-32(38)29-19-22-42-39(24-29)36-14-6-8-16-41(36)45-42/h1-25H. The van der Waals surface area contributed by atoms with E-state index in [1.807, 2.05) is 66.7 Å². The summed E-state index contributed by atoms with van der Waals surface area (Å²) in [4.78, 5) is 0. The molecule has 3 nitrogen and oxygen atoms in total. The molecule has 0 spiro atoms. The van der Waals surface area contributed by atoms with Crippen LogP contribution in [0, 0.1) is 11.3 Å². The summed E-state index contributed by atoms with van der Waals surface area (Å²) in [7, 11) is 0. The Hall–Kier alpha value is -6.37. The first-order chi connectivity index (χ1) is 22.7. The Morgan fingerprint density at radius 3 is 1.67 bits per heavy atom. The van der Waals surface area contributed by atoms with E-state index in [4.69, 9.17) is 8.83 Å². The lowest BCUT2D eigenvalue weighted by molar-refractivity contribution is 0.668. The first kappa shape index (κ1) is 26.1. The molecular formula is C43H25NO2. The van der Waals surface area contributed by atoms with E-state index >= 15 is 0 Å². The van der Waals surface area contributed by atoms with Crippen molar-refractivity contribution < 1.29 is 8.83 Å². The molecule has 0 unspecified atom stereocenters. The van der Waals surface area contributed by atoms with Gasteiger partial charge in [-0.15, -0.1) is 0 Å². The van der Waals surface area contributed by atoms with Crippen LogP contribution >= 0.6 is 0 Å². The number of para-hydroxylation sites is 2. The number of hydrogen-bond donors (Lipinski definition) is 0. The van der Waals surface area contributed by atoms with Gasteiger partial charge in [-0.25, -0.2) is 0 Å². The third kappa shape index (κ3) is 4.13. The van der Waals surface area contributed by atoms with Crippen molar-refractivity contribution in [2.75, 3.05) is 0 Å². The first-order valence-electron chi connectivity index (χ1n) is 15.3. The van der Waals surface area contributed by atoms with Gasteiger partial charge in [0, 0.05) is 27.1 Å². The lowest BCUT2D eigenvalue weighted by Gasteiger charge is -2.17. The molecule has 0 atom stereocenters. The van der Waals surface area contributed by atoms with Crippen LogP contribution in [0.1, 0.15) is 5.56 Å². The maximum Gasteiger partial charge on any atom is 0.136 e. The van der Waals surface area contributed by atoms with E-state index in [2.05, 4.69) is 91.0 Å². The van der Waals surface area contributed by atoms with Gasteiger partial charge in [0.1, 0.15) is 22.3 Å². The molecule has 214 valence electrons. The Morgan fingerprint density at radius 1 is 0.348 bits per heavy atom. The van der Waals surface area contributed by atoms with E-state index in [1.54, 1.807) is 0 Å². The molecule has 7 aromatic carbocycles. The van der Waals surface area contributed by atoms with E-state index in [1.165, 1.54) is 0 Å². The Labute approximate surface area is 265 Å². The van der Waals surface area contributed by atoms with E-state index in [9.17, 15) is 5.26 Å². The molecule has 0 fully saturated rings. The highest BCUT2D eigenvalue weighted by Crippen LogP contribution is 2.43. The van der Waals surface area contributed by atoms with Crippen molar-refractivity contribution in [1.82, 2.24) is 0 Å². The molecule has 0 bridgehead atoms. The fourth-order valence-electron chi connectivity index (χ4n) is 6.77. The van der Waals surface area contributed by atoms with E-state index in [0.29, 0.717) is 5.56 Å². The highest BCUT2D eigenvalue weighted by atomic mass is 16.3. The fourth-order valence-corrected chi connectivity index (χ4v) is 6.77. The number of hydrogen-bond acceptors (Lipinski definition) is 3. The molecular weight excluding hydrogens is 562 g/mol. The number of fused-ring (bicyclic) bond motifs is 6. The second-order valence-corrected chi connectivity index (χ2v) is 11.6. The molecule has 0 amide bonds. The van der Waals surface area contributed by atoms with Crippen LogP contribution in [0.2, 0.25) is 0 Å². The van der Waals surface area contributed by atoms with Gasteiger partial charge in [0.05, 0.1) is 11.6 Å². The topological polar surface area (TPSA) is 50.1 Å². The summed E-state index contributed by atoms with van der Waals surface area (Å²) >= 11 is 0. The van der Waals surface area contributed by atoms with Gasteiger partial charge in [0.2, 0.25) is 0 Å². The molecule has 2 aromatic heterocycles. The highest BCUT2D eigenvalue weighted by Gasteiger charge is 2.18. The second kappa shape index (κ2) is 10.4. The van der Waals surface area contributed by atoms with Gasteiger partial charge in [-0.1, -0.05) is 103 Å². The van der Waals surface area contributed by atoms with Gasteiger partial charge in [0.25, 0.3) is 0 Å². The lowest BCUT2D eigenvalue weighted by atomic mass is 9.86. The van der Waals surface area contributed by atoms with Crippen molar-refractivity contribution in [3.05, 3.63) is 157 Å². The third-order valence-electron chi connectivity index (χ3n) is 8.97. The average Bonchev–Trinajstić information content (AvgIpc) is 3.69. The van der Waals surface area contributed by atoms with Gasteiger partial charge in [-0.2, -0.15) is 5.26 Å². The molecule has 0 aliphatic carbocycles. The van der Waals surface area contributed by atoms with Crippen molar-refractivity contribution in [1.29, 1.82) is 5.26 Å². The van der Waals surface area contributed by atoms with Gasteiger partial charge in [-0.3, -0.25) is 0 Å². The van der Waals surface area contributed by atoms with E-state index in [-0.39, 0.29) is 0 Å². The summed E-state index contributed by atoms with van der Waals surface area (Å²) in [6.07, 6.45) is 0. The van der Waals surface area contributed by atoms with Gasteiger partial charge < -0.3 is 8.83 Å². The highest BCUT2D eigenvalue weighted by molar-refractivity contribution is 6.08. The minimum atomic E-state index is 0.647. The molecule has 2 heterocycles. The zero-order valence-electron chi connectivity index (χ0n) is 24.7. The monoisotopic (exact) mass is 587 g/mol. The largest absolute Gasteiger partial charge is 0.456 e. The van der Waals surface area contributed by atoms with Crippen LogP contribution in [-0.2, 0) is 0 Å². The van der Waals surface area contributed by atoms with Crippen LogP contribution in [0.4, 0.5) is 0 Å². The lowest BCUT2D eigenvalue weighted by Crippen LogP contribution is -1.92. The molecule has 0 aliphatic rings. The number of nitrogens with zero attached hydrogens (tertiary/aromatic N) is 1. The summed E-state index contributed by atoms with van der Waals surface area (Å²) in [6, 6.07) is 54.4. The maximum atomic E-state index is 10.0. The summed E-state index contributed by atoms with van der Waals surface area (Å²) < 4.78 is 12.4. The van der Waals surface area contributed by atoms with E-state index in [0.717, 1.165) is 88.4 Å². The Morgan fingerprint density at radius 2 is 0.891 bits per heavy atom. The predicted molar refractivity (Wildman–Crippen MR) is 187 cm³/mol. The van der Waals surface area contributed by atoms with Crippen molar-refractivity contribution in [2.24, 2.45) is 0 Å². The molecule has 9 rings (SSSR count). The quantitative estimate of drug-likeness (QED) is 0.206. The first-order valence-corrected chi connectivity index (χ1v) is 15.3. The molecule has 0 N–H and O–H groups in total. The van der Waals surface area contributed by atoms with Crippen LogP contribution in [0.25, 0.3) is 88.4 Å². The number of nitriles is 1. The molecule has 0 saturated heterocycles. The summed E-state index contributed by atoms with van der Waals surface area (Å²) in [5, 5.41) is 14.4. The minimum absolute atomic E-state index is 0.647. The van der Waals surface area contributed by atoms with Gasteiger partial charge >= 0.3 is 0 Å². The zero-order valence-corrected chi connectivity index (χ0v) is 24.7. The average molecular weight is 588 g/mol. The van der Waals surface area contributed by atoms with E-state index < -0.39 is 0 Å². The van der Waals surface area contributed by atoms with Crippen molar-refractivity contribution in [2.45, 2.75) is 0 Å². The van der Waals surface area contributed by atoms with Gasteiger partial charge in [-0.05, 0) is 87.5 Å². The number of benzene rings is 7.